The fourth-order valence-corrected chi connectivity index (χ4v) is 3.67. The van der Waals surface area contributed by atoms with Crippen molar-refractivity contribution < 1.29 is 9.18 Å². The van der Waals surface area contributed by atoms with E-state index in [2.05, 4.69) is 33.2 Å². The van der Waals surface area contributed by atoms with Crippen LogP contribution in [0.25, 0.3) is 11.1 Å². The standard InChI is InChI=1S/C24H25FN4O/c1-17-8-11-29(12-9-17)23-15-19(7-10-26-23)20-5-6-22(27-16-20)28-24(30)14-18-3-2-4-21(25)13-18/h2-7,10,13,15-17H,8-9,11-12,14H2,1H3,(H,27,28,30). The smallest absolute Gasteiger partial charge is 0.229 e. The number of halogens is 1. The van der Waals surface area contributed by atoms with Crippen molar-refractivity contribution in [2.45, 2.75) is 26.2 Å². The second-order valence-corrected chi connectivity index (χ2v) is 7.86. The lowest BCUT2D eigenvalue weighted by molar-refractivity contribution is -0.115. The number of piperidine rings is 1. The van der Waals surface area contributed by atoms with Crippen LogP contribution in [0.15, 0.2) is 60.9 Å². The fraction of sp³-hybridized carbons (Fsp3) is 0.292. The molecule has 0 atom stereocenters. The topological polar surface area (TPSA) is 58.1 Å². The number of hydrogen-bond donors (Lipinski definition) is 1. The van der Waals surface area contributed by atoms with E-state index in [1.807, 2.05) is 18.3 Å². The molecule has 3 heterocycles. The van der Waals surface area contributed by atoms with Gasteiger partial charge < -0.3 is 10.2 Å². The molecular weight excluding hydrogens is 379 g/mol. The molecule has 2 aromatic heterocycles. The molecule has 1 saturated heterocycles. The lowest BCUT2D eigenvalue weighted by atomic mass is 9.99. The van der Waals surface area contributed by atoms with Crippen LogP contribution in [0, 0.1) is 11.7 Å². The Kier molecular flexibility index (Phi) is 6.02. The molecule has 30 heavy (non-hydrogen) atoms. The van der Waals surface area contributed by atoms with Gasteiger partial charge in [-0.2, -0.15) is 0 Å². The molecule has 1 aliphatic heterocycles. The summed E-state index contributed by atoms with van der Waals surface area (Å²) in [6, 6.07) is 13.8. The van der Waals surface area contributed by atoms with Crippen molar-refractivity contribution in [1.29, 1.82) is 0 Å². The zero-order valence-electron chi connectivity index (χ0n) is 17.0. The van der Waals surface area contributed by atoms with E-state index in [4.69, 9.17) is 0 Å². The number of pyridine rings is 2. The summed E-state index contributed by atoms with van der Waals surface area (Å²) in [5.74, 6) is 1.66. The van der Waals surface area contributed by atoms with E-state index in [1.165, 1.54) is 25.0 Å². The van der Waals surface area contributed by atoms with Crippen molar-refractivity contribution in [3.63, 3.8) is 0 Å². The Morgan fingerprint density at radius 1 is 1.10 bits per heavy atom. The van der Waals surface area contributed by atoms with E-state index in [-0.39, 0.29) is 18.1 Å². The van der Waals surface area contributed by atoms with Crippen LogP contribution >= 0.6 is 0 Å². The Labute approximate surface area is 176 Å². The molecule has 1 aromatic carbocycles. The first-order valence-electron chi connectivity index (χ1n) is 10.3. The van der Waals surface area contributed by atoms with Crippen molar-refractivity contribution in [3.05, 3.63) is 72.3 Å². The predicted molar refractivity (Wildman–Crippen MR) is 117 cm³/mol. The summed E-state index contributed by atoms with van der Waals surface area (Å²) in [7, 11) is 0. The molecule has 1 fully saturated rings. The summed E-state index contributed by atoms with van der Waals surface area (Å²) in [4.78, 5) is 23.4. The first-order chi connectivity index (χ1) is 14.6. The number of carbonyl (C=O) groups is 1. The van der Waals surface area contributed by atoms with Crippen LogP contribution in [0.5, 0.6) is 0 Å². The summed E-state index contributed by atoms with van der Waals surface area (Å²) in [5, 5.41) is 2.76. The first-order valence-corrected chi connectivity index (χ1v) is 10.3. The number of anilines is 2. The van der Waals surface area contributed by atoms with Gasteiger partial charge in [0.25, 0.3) is 0 Å². The molecule has 0 aliphatic carbocycles. The van der Waals surface area contributed by atoms with Gasteiger partial charge in [-0.25, -0.2) is 14.4 Å². The van der Waals surface area contributed by atoms with E-state index >= 15 is 0 Å². The zero-order chi connectivity index (χ0) is 20.9. The van der Waals surface area contributed by atoms with E-state index in [0.29, 0.717) is 11.4 Å². The highest BCUT2D eigenvalue weighted by Gasteiger charge is 2.17. The number of aromatic nitrogens is 2. The molecule has 154 valence electrons. The maximum atomic E-state index is 13.3. The average molecular weight is 404 g/mol. The van der Waals surface area contributed by atoms with Crippen LogP contribution in [-0.2, 0) is 11.2 Å². The van der Waals surface area contributed by atoms with Gasteiger partial charge in [0, 0.05) is 31.0 Å². The van der Waals surface area contributed by atoms with Crippen molar-refractivity contribution in [2.24, 2.45) is 5.92 Å². The Balaban J connectivity index is 1.41. The number of rotatable bonds is 5. The van der Waals surface area contributed by atoms with Gasteiger partial charge in [0.05, 0.1) is 6.42 Å². The normalized spacial score (nSPS) is 14.5. The molecule has 1 aliphatic rings. The van der Waals surface area contributed by atoms with Gasteiger partial charge in [-0.15, -0.1) is 0 Å². The highest BCUT2D eigenvalue weighted by molar-refractivity contribution is 5.91. The monoisotopic (exact) mass is 404 g/mol. The summed E-state index contributed by atoms with van der Waals surface area (Å²) in [6.07, 6.45) is 6.06. The second-order valence-electron chi connectivity index (χ2n) is 7.86. The molecule has 0 bridgehead atoms. The highest BCUT2D eigenvalue weighted by Crippen LogP contribution is 2.26. The van der Waals surface area contributed by atoms with E-state index in [1.54, 1.807) is 24.4 Å². The Bertz CT molecular complexity index is 1010. The maximum absolute atomic E-state index is 13.3. The number of carbonyl (C=O) groups excluding carboxylic acids is 1. The average Bonchev–Trinajstić information content (AvgIpc) is 2.75. The third kappa shape index (κ3) is 5.00. The van der Waals surface area contributed by atoms with Gasteiger partial charge in [-0.3, -0.25) is 4.79 Å². The SMILES string of the molecule is CC1CCN(c2cc(-c3ccc(NC(=O)Cc4cccc(F)c4)nc3)ccn2)CC1. The molecule has 1 amide bonds. The minimum atomic E-state index is -0.349. The third-order valence-electron chi connectivity index (χ3n) is 5.47. The van der Waals surface area contributed by atoms with Gasteiger partial charge >= 0.3 is 0 Å². The van der Waals surface area contributed by atoms with Gasteiger partial charge in [-0.1, -0.05) is 19.1 Å². The number of nitrogens with zero attached hydrogens (tertiary/aromatic N) is 3. The number of amides is 1. The third-order valence-corrected chi connectivity index (χ3v) is 5.47. The lowest BCUT2D eigenvalue weighted by Crippen LogP contribution is -2.33. The summed E-state index contributed by atoms with van der Waals surface area (Å²) in [6.45, 7) is 4.36. The number of hydrogen-bond acceptors (Lipinski definition) is 4. The minimum absolute atomic E-state index is 0.101. The molecule has 0 radical (unpaired) electrons. The zero-order valence-corrected chi connectivity index (χ0v) is 17.0. The minimum Gasteiger partial charge on any atom is -0.357 e. The molecule has 6 heteroatoms. The lowest BCUT2D eigenvalue weighted by Gasteiger charge is -2.31. The Hall–Kier alpha value is -3.28. The van der Waals surface area contributed by atoms with Crippen LogP contribution in [0.1, 0.15) is 25.3 Å². The first kappa shape index (κ1) is 20.0. The quantitative estimate of drug-likeness (QED) is 0.670. The fourth-order valence-electron chi connectivity index (χ4n) is 3.67. The number of benzene rings is 1. The predicted octanol–water partition coefficient (Wildman–Crippen LogP) is 4.70. The second kappa shape index (κ2) is 9.03. The van der Waals surface area contributed by atoms with Gasteiger partial charge in [0.2, 0.25) is 5.91 Å². The van der Waals surface area contributed by atoms with Crippen LogP contribution in [-0.4, -0.2) is 29.0 Å². The van der Waals surface area contributed by atoms with E-state index < -0.39 is 0 Å². The van der Waals surface area contributed by atoms with Crippen LogP contribution < -0.4 is 10.2 Å². The van der Waals surface area contributed by atoms with Gasteiger partial charge in [0.1, 0.15) is 17.5 Å². The van der Waals surface area contributed by atoms with Crippen LogP contribution in [0.3, 0.4) is 0 Å². The summed E-state index contributed by atoms with van der Waals surface area (Å²) in [5.41, 5.74) is 2.64. The largest absolute Gasteiger partial charge is 0.357 e. The van der Waals surface area contributed by atoms with Crippen LogP contribution in [0.2, 0.25) is 0 Å². The van der Waals surface area contributed by atoms with Crippen LogP contribution in [0.4, 0.5) is 16.0 Å². The van der Waals surface area contributed by atoms with Crippen molar-refractivity contribution >= 4 is 17.5 Å². The molecule has 0 saturated carbocycles. The van der Waals surface area contributed by atoms with Gasteiger partial charge in [0.15, 0.2) is 0 Å². The molecule has 1 N–H and O–H groups in total. The Morgan fingerprint density at radius 2 is 1.93 bits per heavy atom. The molecule has 0 spiro atoms. The van der Waals surface area contributed by atoms with Crippen molar-refractivity contribution in [3.8, 4) is 11.1 Å². The molecule has 5 nitrogen and oxygen atoms in total. The number of nitrogens with one attached hydrogen (secondary N) is 1. The van der Waals surface area contributed by atoms with E-state index in [0.717, 1.165) is 36.0 Å². The Morgan fingerprint density at radius 3 is 2.67 bits per heavy atom. The summed E-state index contributed by atoms with van der Waals surface area (Å²) < 4.78 is 13.3. The maximum Gasteiger partial charge on any atom is 0.229 e. The van der Waals surface area contributed by atoms with Crippen molar-refractivity contribution in [2.75, 3.05) is 23.3 Å². The molecule has 4 rings (SSSR count). The summed E-state index contributed by atoms with van der Waals surface area (Å²) >= 11 is 0. The van der Waals surface area contributed by atoms with Crippen molar-refractivity contribution in [1.82, 2.24) is 9.97 Å². The highest BCUT2D eigenvalue weighted by atomic mass is 19.1. The van der Waals surface area contributed by atoms with Gasteiger partial charge in [-0.05, 0) is 66.3 Å². The molecular formula is C24H25FN4O. The molecule has 0 unspecified atom stereocenters. The van der Waals surface area contributed by atoms with E-state index in [9.17, 15) is 9.18 Å². The molecule has 3 aromatic rings.